The van der Waals surface area contributed by atoms with Crippen molar-refractivity contribution in [2.75, 3.05) is 0 Å². The molecule has 0 aromatic heterocycles. The van der Waals surface area contributed by atoms with Gasteiger partial charge in [-0.3, -0.25) is 0 Å². The van der Waals surface area contributed by atoms with E-state index < -0.39 is 11.9 Å². The van der Waals surface area contributed by atoms with Crippen molar-refractivity contribution in [3.63, 3.8) is 0 Å². The third kappa shape index (κ3) is 3.66. The summed E-state index contributed by atoms with van der Waals surface area (Å²) < 4.78 is 10.8. The quantitative estimate of drug-likeness (QED) is 0.455. The van der Waals surface area contributed by atoms with Gasteiger partial charge in [-0.1, -0.05) is 24.8 Å². The SMILES string of the molecule is C=C(C)C(=O)Oc1cc(C)c(OC(=O)C(=C)C)c2ccc(Cl)cc12. The largest absolute Gasteiger partial charge is 0.423 e. The third-order valence-electron chi connectivity index (χ3n) is 3.29. The normalized spacial score (nSPS) is 10.3. The molecule has 0 saturated carbocycles. The summed E-state index contributed by atoms with van der Waals surface area (Å²) in [6, 6.07) is 6.66. The zero-order chi connectivity index (χ0) is 18.0. The molecule has 0 saturated heterocycles. The van der Waals surface area contributed by atoms with E-state index in [0.29, 0.717) is 32.9 Å². The Kier molecular flexibility index (Phi) is 5.10. The molecule has 24 heavy (non-hydrogen) atoms. The van der Waals surface area contributed by atoms with Crippen LogP contribution in [0.4, 0.5) is 0 Å². The maximum atomic E-state index is 11.9. The average Bonchev–Trinajstić information content (AvgIpc) is 2.50. The molecule has 2 rings (SSSR count). The molecule has 2 aromatic rings. The number of benzene rings is 2. The minimum absolute atomic E-state index is 0.278. The number of hydrogen-bond acceptors (Lipinski definition) is 4. The van der Waals surface area contributed by atoms with E-state index in [4.69, 9.17) is 21.1 Å². The molecule has 124 valence electrons. The first-order chi connectivity index (χ1) is 11.2. The molecular formula is C19H17ClO4. The van der Waals surface area contributed by atoms with Crippen LogP contribution in [0.3, 0.4) is 0 Å². The Morgan fingerprint density at radius 3 is 2.12 bits per heavy atom. The van der Waals surface area contributed by atoms with Gasteiger partial charge < -0.3 is 9.47 Å². The van der Waals surface area contributed by atoms with Crippen LogP contribution in [0.15, 0.2) is 48.6 Å². The summed E-state index contributed by atoms with van der Waals surface area (Å²) in [5, 5.41) is 1.64. The van der Waals surface area contributed by atoms with E-state index >= 15 is 0 Å². The molecular weight excluding hydrogens is 328 g/mol. The lowest BCUT2D eigenvalue weighted by molar-refractivity contribution is -0.131. The Bertz CT molecular complexity index is 881. The fraction of sp³-hybridized carbons (Fsp3) is 0.158. The number of hydrogen-bond donors (Lipinski definition) is 0. The fourth-order valence-electron chi connectivity index (χ4n) is 2.06. The number of carbonyl (C=O) groups is 2. The van der Waals surface area contributed by atoms with E-state index in [-0.39, 0.29) is 11.1 Å². The van der Waals surface area contributed by atoms with E-state index in [0.717, 1.165) is 0 Å². The van der Waals surface area contributed by atoms with Crippen LogP contribution in [0.2, 0.25) is 5.02 Å². The van der Waals surface area contributed by atoms with Crippen molar-refractivity contribution in [3.05, 3.63) is 59.2 Å². The summed E-state index contributed by atoms with van der Waals surface area (Å²) in [6.45, 7) is 12.0. The first-order valence-electron chi connectivity index (χ1n) is 7.19. The Balaban J connectivity index is 2.64. The number of aryl methyl sites for hydroxylation is 1. The molecule has 0 N–H and O–H groups in total. The van der Waals surface area contributed by atoms with Gasteiger partial charge in [-0.25, -0.2) is 9.59 Å². The predicted molar refractivity (Wildman–Crippen MR) is 94.6 cm³/mol. The van der Waals surface area contributed by atoms with Crippen LogP contribution in [-0.4, -0.2) is 11.9 Å². The van der Waals surface area contributed by atoms with Gasteiger partial charge in [0.2, 0.25) is 0 Å². The molecule has 4 nitrogen and oxygen atoms in total. The van der Waals surface area contributed by atoms with Crippen LogP contribution in [-0.2, 0) is 9.59 Å². The van der Waals surface area contributed by atoms with Crippen molar-refractivity contribution in [1.29, 1.82) is 0 Å². The van der Waals surface area contributed by atoms with Crippen LogP contribution in [0.5, 0.6) is 11.5 Å². The monoisotopic (exact) mass is 344 g/mol. The van der Waals surface area contributed by atoms with Gasteiger partial charge in [-0.2, -0.15) is 0 Å². The van der Waals surface area contributed by atoms with Crippen molar-refractivity contribution in [2.24, 2.45) is 0 Å². The van der Waals surface area contributed by atoms with E-state index in [9.17, 15) is 9.59 Å². The summed E-state index contributed by atoms with van der Waals surface area (Å²) in [5.41, 5.74) is 1.21. The van der Waals surface area contributed by atoms with E-state index in [1.165, 1.54) is 0 Å². The fourth-order valence-corrected chi connectivity index (χ4v) is 2.23. The number of ether oxygens (including phenoxy) is 2. The summed E-state index contributed by atoms with van der Waals surface area (Å²) in [5.74, 6) is -0.360. The average molecular weight is 345 g/mol. The van der Waals surface area contributed by atoms with Gasteiger partial charge in [-0.15, -0.1) is 0 Å². The standard InChI is InChI=1S/C19H17ClO4/c1-10(2)18(21)23-16-8-12(5)17(24-19(22)11(3)4)14-7-6-13(20)9-15(14)16/h6-9H,1,3H2,2,4-5H3. The first-order valence-corrected chi connectivity index (χ1v) is 7.56. The Morgan fingerprint density at radius 1 is 0.958 bits per heavy atom. The smallest absolute Gasteiger partial charge is 0.338 e. The molecule has 0 aliphatic heterocycles. The van der Waals surface area contributed by atoms with Gasteiger partial charge in [-0.05, 0) is 50.6 Å². The second kappa shape index (κ2) is 6.89. The van der Waals surface area contributed by atoms with Gasteiger partial charge in [0.25, 0.3) is 0 Å². The van der Waals surface area contributed by atoms with Crippen molar-refractivity contribution in [2.45, 2.75) is 20.8 Å². The molecule has 5 heteroatoms. The Hall–Kier alpha value is -2.59. The number of halogens is 1. The maximum absolute atomic E-state index is 11.9. The second-order valence-electron chi connectivity index (χ2n) is 5.55. The first kappa shape index (κ1) is 17.8. The highest BCUT2D eigenvalue weighted by Gasteiger charge is 2.17. The summed E-state index contributed by atoms with van der Waals surface area (Å²) >= 11 is 6.06. The van der Waals surface area contributed by atoms with Gasteiger partial charge in [0, 0.05) is 26.9 Å². The molecule has 0 atom stereocenters. The molecule has 0 fully saturated rings. The van der Waals surface area contributed by atoms with E-state index in [1.54, 1.807) is 45.0 Å². The lowest BCUT2D eigenvalue weighted by atomic mass is 10.0. The molecule has 0 aliphatic carbocycles. The van der Waals surface area contributed by atoms with E-state index in [1.807, 2.05) is 0 Å². The van der Waals surface area contributed by atoms with Crippen LogP contribution >= 0.6 is 11.6 Å². The van der Waals surface area contributed by atoms with Crippen LogP contribution < -0.4 is 9.47 Å². The van der Waals surface area contributed by atoms with Crippen molar-refractivity contribution in [3.8, 4) is 11.5 Å². The zero-order valence-electron chi connectivity index (χ0n) is 13.7. The number of fused-ring (bicyclic) bond motifs is 1. The molecule has 0 bridgehead atoms. The highest BCUT2D eigenvalue weighted by Crippen LogP contribution is 2.38. The number of rotatable bonds is 4. The van der Waals surface area contributed by atoms with E-state index in [2.05, 4.69) is 13.2 Å². The number of carbonyl (C=O) groups excluding carboxylic acids is 2. The van der Waals surface area contributed by atoms with Crippen LogP contribution in [0.1, 0.15) is 19.4 Å². The molecule has 0 unspecified atom stereocenters. The lowest BCUT2D eigenvalue weighted by Crippen LogP contribution is -2.11. The molecule has 0 aliphatic rings. The Labute approximate surface area is 145 Å². The third-order valence-corrected chi connectivity index (χ3v) is 3.53. The zero-order valence-corrected chi connectivity index (χ0v) is 14.5. The Morgan fingerprint density at radius 2 is 1.54 bits per heavy atom. The lowest BCUT2D eigenvalue weighted by Gasteiger charge is -2.15. The van der Waals surface area contributed by atoms with Crippen LogP contribution in [0, 0.1) is 6.92 Å². The molecule has 0 radical (unpaired) electrons. The van der Waals surface area contributed by atoms with Gasteiger partial charge >= 0.3 is 11.9 Å². The predicted octanol–water partition coefficient (Wildman–Crippen LogP) is 4.76. The minimum atomic E-state index is -0.539. The topological polar surface area (TPSA) is 52.6 Å². The summed E-state index contributed by atoms with van der Waals surface area (Å²) in [4.78, 5) is 23.7. The molecule has 0 heterocycles. The van der Waals surface area contributed by atoms with Crippen LogP contribution in [0.25, 0.3) is 10.8 Å². The molecule has 2 aromatic carbocycles. The maximum Gasteiger partial charge on any atom is 0.338 e. The molecule has 0 amide bonds. The van der Waals surface area contributed by atoms with Gasteiger partial charge in [0.15, 0.2) is 0 Å². The van der Waals surface area contributed by atoms with Crippen molar-refractivity contribution >= 4 is 34.3 Å². The number of esters is 2. The highest BCUT2D eigenvalue weighted by atomic mass is 35.5. The van der Waals surface area contributed by atoms with Gasteiger partial charge in [0.1, 0.15) is 11.5 Å². The molecule has 0 spiro atoms. The summed E-state index contributed by atoms with van der Waals surface area (Å²) in [7, 11) is 0. The summed E-state index contributed by atoms with van der Waals surface area (Å²) in [6.07, 6.45) is 0. The second-order valence-corrected chi connectivity index (χ2v) is 5.99. The van der Waals surface area contributed by atoms with Gasteiger partial charge in [0.05, 0.1) is 0 Å². The highest BCUT2D eigenvalue weighted by molar-refractivity contribution is 6.31. The van der Waals surface area contributed by atoms with Crippen molar-refractivity contribution < 1.29 is 19.1 Å². The van der Waals surface area contributed by atoms with Crippen molar-refractivity contribution in [1.82, 2.24) is 0 Å². The minimum Gasteiger partial charge on any atom is -0.423 e.